The van der Waals surface area contributed by atoms with Gasteiger partial charge in [-0.3, -0.25) is 29.9 Å². The minimum Gasteiger partial charge on any atom is -0.379 e. The van der Waals surface area contributed by atoms with E-state index in [1.165, 1.54) is 0 Å². The number of nitrogens with one attached hydrogen (secondary N) is 2. The summed E-state index contributed by atoms with van der Waals surface area (Å²) in [5, 5.41) is 0.555. The molecular formula is C13H21N5O8S. The highest BCUT2D eigenvalue weighted by atomic mass is 32.3. The number of nitrogens with zero attached hydrogens (tertiary/aromatic N) is 3. The van der Waals surface area contributed by atoms with E-state index in [1.807, 2.05) is 4.90 Å². The standard InChI is InChI=1S/C13H21N5O8S/c19-11(8-16-3-5-25-6-4-16)14-15-12(20)10-2-1-9-7-17(10)13(21)18(9)26-27(22,23)24/h9-10H,1-8H2,(H,14,19)(H,15,20)(H,22,23,24)/t9-,10?/m1/s1. The number of urea groups is 1. The number of fused-ring (bicyclic) bond motifs is 2. The quantitative estimate of drug-likeness (QED) is 0.330. The summed E-state index contributed by atoms with van der Waals surface area (Å²) in [5.41, 5.74) is 4.60. The Hall–Kier alpha value is -2.00. The Labute approximate surface area is 155 Å². The molecule has 0 aromatic rings. The molecule has 27 heavy (non-hydrogen) atoms. The second-order valence-corrected chi connectivity index (χ2v) is 7.44. The van der Waals surface area contributed by atoms with Gasteiger partial charge in [0.05, 0.1) is 25.8 Å². The first-order valence-electron chi connectivity index (χ1n) is 8.40. The molecule has 14 heteroatoms. The molecular weight excluding hydrogens is 386 g/mol. The number of hydroxylamine groups is 2. The van der Waals surface area contributed by atoms with Crippen molar-refractivity contribution in [3.63, 3.8) is 0 Å². The first kappa shape index (κ1) is 19.8. The lowest BCUT2D eigenvalue weighted by atomic mass is 10.0. The van der Waals surface area contributed by atoms with Gasteiger partial charge in [-0.1, -0.05) is 0 Å². The number of hydrogen-bond donors (Lipinski definition) is 3. The van der Waals surface area contributed by atoms with Gasteiger partial charge in [0.15, 0.2) is 0 Å². The van der Waals surface area contributed by atoms with Crippen LogP contribution in [0.15, 0.2) is 0 Å². The first-order chi connectivity index (χ1) is 12.7. The van der Waals surface area contributed by atoms with Gasteiger partial charge in [-0.05, 0) is 12.8 Å². The van der Waals surface area contributed by atoms with Crippen LogP contribution in [0.2, 0.25) is 0 Å². The number of morpholine rings is 1. The van der Waals surface area contributed by atoms with Gasteiger partial charge >= 0.3 is 16.4 Å². The van der Waals surface area contributed by atoms with Crippen molar-refractivity contribution in [2.45, 2.75) is 24.9 Å². The molecule has 0 aromatic heterocycles. The van der Waals surface area contributed by atoms with E-state index in [0.717, 1.165) is 4.90 Å². The lowest BCUT2D eigenvalue weighted by Gasteiger charge is -2.29. The fourth-order valence-corrected chi connectivity index (χ4v) is 3.71. The highest BCUT2D eigenvalue weighted by Crippen LogP contribution is 2.30. The Morgan fingerprint density at radius 1 is 1.22 bits per heavy atom. The predicted molar refractivity (Wildman–Crippen MR) is 86.9 cm³/mol. The number of carbonyl (C=O) groups excluding carboxylic acids is 3. The van der Waals surface area contributed by atoms with Gasteiger partial charge in [0.2, 0.25) is 0 Å². The molecule has 0 aromatic carbocycles. The van der Waals surface area contributed by atoms with Crippen LogP contribution in [0.1, 0.15) is 12.8 Å². The Morgan fingerprint density at radius 3 is 2.59 bits per heavy atom. The zero-order chi connectivity index (χ0) is 19.6. The van der Waals surface area contributed by atoms with Crippen LogP contribution in [0.25, 0.3) is 0 Å². The second-order valence-electron chi connectivity index (χ2n) is 6.44. The third-order valence-electron chi connectivity index (χ3n) is 4.60. The maximum Gasteiger partial charge on any atom is 0.418 e. The molecule has 3 saturated heterocycles. The molecule has 13 nitrogen and oxygen atoms in total. The molecule has 0 spiro atoms. The van der Waals surface area contributed by atoms with Gasteiger partial charge in [-0.15, -0.1) is 4.28 Å². The number of piperidine rings is 1. The molecule has 1 unspecified atom stereocenters. The van der Waals surface area contributed by atoms with Crippen LogP contribution in [0, 0.1) is 0 Å². The van der Waals surface area contributed by atoms with Crippen LogP contribution < -0.4 is 10.9 Å². The second kappa shape index (κ2) is 7.93. The molecule has 2 atom stereocenters. The summed E-state index contributed by atoms with van der Waals surface area (Å²) < 4.78 is 40.0. The van der Waals surface area contributed by atoms with Crippen molar-refractivity contribution < 1.29 is 36.4 Å². The van der Waals surface area contributed by atoms with Gasteiger partial charge in [0.25, 0.3) is 11.8 Å². The fourth-order valence-electron chi connectivity index (χ4n) is 3.32. The number of rotatable bonds is 5. The van der Waals surface area contributed by atoms with E-state index in [4.69, 9.17) is 9.29 Å². The summed E-state index contributed by atoms with van der Waals surface area (Å²) in [5.74, 6) is -0.992. The van der Waals surface area contributed by atoms with Crippen molar-refractivity contribution in [1.82, 2.24) is 25.7 Å². The summed E-state index contributed by atoms with van der Waals surface area (Å²) in [6.45, 7) is 2.52. The zero-order valence-electron chi connectivity index (χ0n) is 14.4. The molecule has 0 radical (unpaired) electrons. The molecule has 3 heterocycles. The number of amides is 4. The molecule has 4 amide bonds. The Bertz CT molecular complexity index is 709. The van der Waals surface area contributed by atoms with Crippen LogP contribution in [0.5, 0.6) is 0 Å². The van der Waals surface area contributed by atoms with Crippen molar-refractivity contribution in [1.29, 1.82) is 0 Å². The van der Waals surface area contributed by atoms with Gasteiger partial charge in [0, 0.05) is 19.6 Å². The van der Waals surface area contributed by atoms with E-state index < -0.39 is 40.3 Å². The highest BCUT2D eigenvalue weighted by molar-refractivity contribution is 7.80. The van der Waals surface area contributed by atoms with Crippen molar-refractivity contribution in [3.05, 3.63) is 0 Å². The Morgan fingerprint density at radius 2 is 1.93 bits per heavy atom. The van der Waals surface area contributed by atoms with E-state index in [9.17, 15) is 22.8 Å². The van der Waals surface area contributed by atoms with Gasteiger partial charge in [0.1, 0.15) is 6.04 Å². The molecule has 3 aliphatic rings. The molecule has 3 rings (SSSR count). The summed E-state index contributed by atoms with van der Waals surface area (Å²) in [6, 6.07) is -2.30. The predicted octanol–water partition coefficient (Wildman–Crippen LogP) is -2.53. The van der Waals surface area contributed by atoms with E-state index in [-0.39, 0.29) is 19.5 Å². The maximum absolute atomic E-state index is 12.3. The summed E-state index contributed by atoms with van der Waals surface area (Å²) in [6.07, 6.45) is 0.560. The smallest absolute Gasteiger partial charge is 0.379 e. The summed E-state index contributed by atoms with van der Waals surface area (Å²) in [4.78, 5) is 39.5. The van der Waals surface area contributed by atoms with E-state index in [1.54, 1.807) is 0 Å². The molecule has 3 aliphatic heterocycles. The van der Waals surface area contributed by atoms with Crippen LogP contribution in [0.3, 0.4) is 0 Å². The fraction of sp³-hybridized carbons (Fsp3) is 0.769. The highest BCUT2D eigenvalue weighted by Gasteiger charge is 2.49. The van der Waals surface area contributed by atoms with E-state index in [0.29, 0.717) is 37.8 Å². The van der Waals surface area contributed by atoms with E-state index >= 15 is 0 Å². The summed E-state index contributed by atoms with van der Waals surface area (Å²) in [7, 11) is -4.85. The normalized spacial score (nSPS) is 26.2. The van der Waals surface area contributed by atoms with Crippen molar-refractivity contribution in [2.75, 3.05) is 39.4 Å². The Balaban J connectivity index is 1.50. The van der Waals surface area contributed by atoms with Crippen LogP contribution in [-0.2, 0) is 29.0 Å². The molecule has 152 valence electrons. The topological polar surface area (TPSA) is 158 Å². The lowest BCUT2D eigenvalue weighted by Crippen LogP contribution is -2.55. The summed E-state index contributed by atoms with van der Waals surface area (Å²) >= 11 is 0. The number of hydrogen-bond acceptors (Lipinski definition) is 8. The molecule has 0 saturated carbocycles. The van der Waals surface area contributed by atoms with Crippen molar-refractivity contribution in [2.24, 2.45) is 0 Å². The SMILES string of the molecule is O=C(CN1CCOCC1)NNC(=O)C1CC[C@@H]2CN1C(=O)N2OS(=O)(=O)O. The minimum absolute atomic E-state index is 0.0775. The minimum atomic E-state index is -4.85. The number of hydrazine groups is 1. The molecule has 0 aliphatic carbocycles. The maximum atomic E-state index is 12.3. The molecule has 3 N–H and O–H groups in total. The van der Waals surface area contributed by atoms with E-state index in [2.05, 4.69) is 15.1 Å². The third kappa shape index (κ3) is 4.84. The van der Waals surface area contributed by atoms with Crippen LogP contribution in [0.4, 0.5) is 4.79 Å². The number of carbonyl (C=O) groups is 3. The monoisotopic (exact) mass is 407 g/mol. The average molecular weight is 407 g/mol. The number of ether oxygens (including phenoxy) is 1. The molecule has 2 bridgehead atoms. The third-order valence-corrected chi connectivity index (χ3v) is 4.95. The Kier molecular flexibility index (Phi) is 5.81. The van der Waals surface area contributed by atoms with Crippen LogP contribution in [-0.4, -0.2) is 97.2 Å². The first-order valence-corrected chi connectivity index (χ1v) is 9.77. The van der Waals surface area contributed by atoms with Crippen molar-refractivity contribution >= 4 is 28.2 Å². The largest absolute Gasteiger partial charge is 0.418 e. The molecule has 3 fully saturated rings. The lowest BCUT2D eigenvalue weighted by molar-refractivity contribution is -0.132. The van der Waals surface area contributed by atoms with Gasteiger partial charge in [-0.25, -0.2) is 4.79 Å². The van der Waals surface area contributed by atoms with Crippen LogP contribution >= 0.6 is 0 Å². The zero-order valence-corrected chi connectivity index (χ0v) is 15.2. The van der Waals surface area contributed by atoms with Gasteiger partial charge < -0.3 is 9.64 Å². The van der Waals surface area contributed by atoms with Gasteiger partial charge in [-0.2, -0.15) is 13.5 Å². The average Bonchev–Trinajstić information content (AvgIpc) is 2.84. The van der Waals surface area contributed by atoms with Crippen molar-refractivity contribution in [3.8, 4) is 0 Å².